The van der Waals surface area contributed by atoms with Gasteiger partial charge in [-0.25, -0.2) is 0 Å². The summed E-state index contributed by atoms with van der Waals surface area (Å²) in [6.45, 7) is 2.58. The van der Waals surface area contributed by atoms with Crippen LogP contribution in [0.2, 0.25) is 10.0 Å². The smallest absolute Gasteiger partial charge is 0.262 e. The summed E-state index contributed by atoms with van der Waals surface area (Å²) >= 11 is 14.2. The second-order valence-electron chi connectivity index (χ2n) is 9.98. The second kappa shape index (κ2) is 12.6. The van der Waals surface area contributed by atoms with Gasteiger partial charge in [0.1, 0.15) is 6.61 Å². The first-order chi connectivity index (χ1) is 18.9. The van der Waals surface area contributed by atoms with Crippen molar-refractivity contribution >= 4 is 52.6 Å². The molecule has 1 aliphatic heterocycles. The molecule has 5 nitrogen and oxygen atoms in total. The zero-order chi connectivity index (χ0) is 27.4. The van der Waals surface area contributed by atoms with E-state index in [0.717, 1.165) is 36.1 Å². The van der Waals surface area contributed by atoms with Crippen LogP contribution in [0, 0.1) is 5.92 Å². The number of anilines is 1. The number of hydrogen-bond donors (Lipinski definition) is 1. The molecule has 0 aromatic heterocycles. The normalized spacial score (nSPS) is 22.3. The van der Waals surface area contributed by atoms with Crippen LogP contribution in [0.5, 0.6) is 11.5 Å². The van der Waals surface area contributed by atoms with E-state index in [9.17, 15) is 4.79 Å². The van der Waals surface area contributed by atoms with E-state index in [0.29, 0.717) is 39.0 Å². The average Bonchev–Trinajstić information content (AvgIpc) is 3.23. The molecule has 5 rings (SSSR count). The van der Waals surface area contributed by atoms with Crippen LogP contribution in [0.1, 0.15) is 43.7 Å². The molecule has 0 spiro atoms. The number of para-hydroxylation sites is 1. The summed E-state index contributed by atoms with van der Waals surface area (Å²) in [5.41, 5.74) is 2.55. The van der Waals surface area contributed by atoms with Gasteiger partial charge >= 0.3 is 0 Å². The Morgan fingerprint density at radius 1 is 1.05 bits per heavy atom. The van der Waals surface area contributed by atoms with Gasteiger partial charge in [-0.15, -0.1) is 0 Å². The van der Waals surface area contributed by atoms with Crippen LogP contribution in [0.15, 0.2) is 71.6 Å². The van der Waals surface area contributed by atoms with Crippen LogP contribution in [-0.2, 0) is 11.4 Å². The summed E-state index contributed by atoms with van der Waals surface area (Å²) in [6.07, 6.45) is 6.42. The zero-order valence-electron chi connectivity index (χ0n) is 22.0. The highest BCUT2D eigenvalue weighted by Crippen LogP contribution is 2.43. The lowest BCUT2D eigenvalue weighted by Crippen LogP contribution is -2.48. The number of benzene rings is 3. The fourth-order valence-electron chi connectivity index (χ4n) is 5.22. The molecular weight excluding hydrogens is 551 g/mol. The van der Waals surface area contributed by atoms with E-state index in [1.807, 2.05) is 72.8 Å². The summed E-state index contributed by atoms with van der Waals surface area (Å²) in [5, 5.41) is 4.67. The lowest BCUT2D eigenvalue weighted by atomic mass is 9.85. The number of nitrogens with one attached hydrogen (secondary N) is 1. The van der Waals surface area contributed by atoms with Gasteiger partial charge in [0.25, 0.3) is 5.91 Å². The van der Waals surface area contributed by atoms with Gasteiger partial charge in [-0.3, -0.25) is 4.79 Å². The molecule has 3 aromatic rings. The predicted molar refractivity (Wildman–Crippen MR) is 161 cm³/mol. The Kier molecular flexibility index (Phi) is 8.96. The lowest BCUT2D eigenvalue weighted by molar-refractivity contribution is -0.129. The first-order valence-electron chi connectivity index (χ1n) is 13.2. The van der Waals surface area contributed by atoms with Gasteiger partial charge in [-0.2, -0.15) is 0 Å². The van der Waals surface area contributed by atoms with Crippen LogP contribution in [-0.4, -0.2) is 29.5 Å². The SMILES string of the molecule is COc1cc(/C=C2\SC(Nc3ccccc3)N([C@@H]3CCCC[C@H]3C)C2=O)cc(Cl)c1OCc1ccc(Cl)cc1. The number of ether oxygens (including phenoxy) is 2. The van der Waals surface area contributed by atoms with Gasteiger partial charge < -0.3 is 19.7 Å². The quantitative estimate of drug-likeness (QED) is 0.270. The van der Waals surface area contributed by atoms with Gasteiger partial charge in [0.05, 0.1) is 17.0 Å². The fourth-order valence-corrected chi connectivity index (χ4v) is 6.83. The molecule has 1 aliphatic carbocycles. The first kappa shape index (κ1) is 27.8. The Bertz CT molecular complexity index is 1330. The molecule has 2 fully saturated rings. The van der Waals surface area contributed by atoms with Crippen LogP contribution in [0.3, 0.4) is 0 Å². The summed E-state index contributed by atoms with van der Waals surface area (Å²) in [7, 11) is 1.58. The Morgan fingerprint density at radius 3 is 2.51 bits per heavy atom. The molecule has 1 N–H and O–H groups in total. The monoisotopic (exact) mass is 582 g/mol. The minimum absolute atomic E-state index is 0.0466. The lowest BCUT2D eigenvalue weighted by Gasteiger charge is -2.39. The largest absolute Gasteiger partial charge is 0.493 e. The summed E-state index contributed by atoms with van der Waals surface area (Å²) in [6, 6.07) is 21.4. The highest BCUT2D eigenvalue weighted by Gasteiger charge is 2.43. The van der Waals surface area contributed by atoms with Crippen LogP contribution in [0.25, 0.3) is 6.08 Å². The van der Waals surface area contributed by atoms with Crippen molar-refractivity contribution in [3.63, 3.8) is 0 Å². The minimum atomic E-state index is -0.184. The molecule has 8 heteroatoms. The van der Waals surface area contributed by atoms with E-state index in [1.54, 1.807) is 18.9 Å². The van der Waals surface area contributed by atoms with Crippen molar-refractivity contribution in [2.45, 2.75) is 50.8 Å². The number of methoxy groups -OCH3 is 1. The molecule has 0 bridgehead atoms. The zero-order valence-corrected chi connectivity index (χ0v) is 24.4. The van der Waals surface area contributed by atoms with Gasteiger partial charge in [0, 0.05) is 16.8 Å². The van der Waals surface area contributed by atoms with Crippen LogP contribution in [0.4, 0.5) is 5.69 Å². The maximum absolute atomic E-state index is 13.8. The Labute approximate surface area is 244 Å². The maximum Gasteiger partial charge on any atom is 0.262 e. The van der Waals surface area contributed by atoms with Gasteiger partial charge in [-0.1, -0.05) is 85.1 Å². The summed E-state index contributed by atoms with van der Waals surface area (Å²) in [4.78, 5) is 16.6. The Balaban J connectivity index is 1.40. The molecule has 0 radical (unpaired) electrons. The number of carbonyl (C=O) groups is 1. The average molecular weight is 584 g/mol. The highest BCUT2D eigenvalue weighted by molar-refractivity contribution is 8.05. The molecule has 1 heterocycles. The fraction of sp³-hybridized carbons (Fsp3) is 0.323. The maximum atomic E-state index is 13.8. The number of rotatable bonds is 8. The number of halogens is 2. The third kappa shape index (κ3) is 6.51. The molecule has 204 valence electrons. The van der Waals surface area contributed by atoms with E-state index in [-0.39, 0.29) is 17.4 Å². The molecule has 3 aromatic carbocycles. The van der Waals surface area contributed by atoms with Gasteiger partial charge in [0.15, 0.2) is 17.0 Å². The standard InChI is InChI=1S/C31H32Cl2N2O3S/c1-20-8-6-7-11-26(20)35-30(36)28(39-31(35)34-24-9-4-3-5-10-24)18-22-16-25(33)29(27(17-22)37-2)38-19-21-12-14-23(32)15-13-21/h3-5,9-10,12-18,20,26,31,34H,6-8,11,19H2,1-2H3/b28-18-/t20-,26-,31?/m1/s1. The summed E-state index contributed by atoms with van der Waals surface area (Å²) in [5.74, 6) is 1.47. The number of hydrogen-bond acceptors (Lipinski definition) is 5. The predicted octanol–water partition coefficient (Wildman–Crippen LogP) is 8.47. The molecular formula is C31H32Cl2N2O3S. The molecule has 2 aliphatic rings. The van der Waals surface area contributed by atoms with Crippen LogP contribution >= 0.6 is 35.0 Å². The van der Waals surface area contributed by atoms with E-state index < -0.39 is 0 Å². The van der Waals surface area contributed by atoms with Crippen molar-refractivity contribution in [2.75, 3.05) is 12.4 Å². The van der Waals surface area contributed by atoms with E-state index in [4.69, 9.17) is 32.7 Å². The second-order valence-corrected chi connectivity index (χ2v) is 11.9. The molecule has 1 amide bonds. The van der Waals surface area contributed by atoms with E-state index >= 15 is 0 Å². The van der Waals surface area contributed by atoms with Gasteiger partial charge in [0.2, 0.25) is 0 Å². The van der Waals surface area contributed by atoms with Gasteiger partial charge in [-0.05, 0) is 72.4 Å². The first-order valence-corrected chi connectivity index (χ1v) is 14.8. The minimum Gasteiger partial charge on any atom is -0.493 e. The number of amides is 1. The van der Waals surface area contributed by atoms with Crippen LogP contribution < -0.4 is 14.8 Å². The Morgan fingerprint density at radius 2 is 1.79 bits per heavy atom. The van der Waals surface area contributed by atoms with Crippen molar-refractivity contribution in [1.29, 1.82) is 0 Å². The molecule has 1 saturated heterocycles. The van der Waals surface area contributed by atoms with E-state index in [2.05, 4.69) is 17.1 Å². The molecule has 3 atom stereocenters. The Hall–Kier alpha value is -2.80. The third-order valence-electron chi connectivity index (χ3n) is 7.27. The summed E-state index contributed by atoms with van der Waals surface area (Å²) < 4.78 is 11.6. The number of carbonyl (C=O) groups excluding carboxylic acids is 1. The topological polar surface area (TPSA) is 50.8 Å². The molecule has 39 heavy (non-hydrogen) atoms. The van der Waals surface area contributed by atoms with Crippen molar-refractivity contribution in [2.24, 2.45) is 5.92 Å². The number of thioether (sulfide) groups is 1. The number of nitrogens with zero attached hydrogens (tertiary/aromatic N) is 1. The molecule has 1 unspecified atom stereocenters. The highest BCUT2D eigenvalue weighted by atomic mass is 35.5. The van der Waals surface area contributed by atoms with Crippen molar-refractivity contribution in [3.05, 3.63) is 92.8 Å². The van der Waals surface area contributed by atoms with E-state index in [1.165, 1.54) is 6.42 Å². The van der Waals surface area contributed by atoms with Crippen molar-refractivity contribution in [3.8, 4) is 11.5 Å². The van der Waals surface area contributed by atoms with Crippen molar-refractivity contribution < 1.29 is 14.3 Å². The third-order valence-corrected chi connectivity index (χ3v) is 8.92. The molecule has 1 saturated carbocycles. The van der Waals surface area contributed by atoms with Crippen molar-refractivity contribution in [1.82, 2.24) is 4.90 Å².